The molecule has 1 amide bonds. The number of nitrogens with one attached hydrogen (secondary N) is 1. The van der Waals surface area contributed by atoms with E-state index in [1.54, 1.807) is 29.5 Å². The fourth-order valence-electron chi connectivity index (χ4n) is 6.82. The molecule has 0 radical (unpaired) electrons. The van der Waals surface area contributed by atoms with E-state index in [2.05, 4.69) is 37.3 Å². The largest absolute Gasteiger partial charge is 0.493 e. The van der Waals surface area contributed by atoms with Gasteiger partial charge >= 0.3 is 6.61 Å². The lowest BCUT2D eigenvalue weighted by atomic mass is 9.95. The number of hydrogen-bond acceptors (Lipinski definition) is 14. The molecule has 0 aliphatic heterocycles. The van der Waals surface area contributed by atoms with Gasteiger partial charge in [0.2, 0.25) is 35.7 Å². The number of ether oxygens (including phenoxy) is 4. The first-order chi connectivity index (χ1) is 29.1. The van der Waals surface area contributed by atoms with Crippen molar-refractivity contribution < 1.29 is 46.0 Å². The van der Waals surface area contributed by atoms with Crippen molar-refractivity contribution in [3.05, 3.63) is 70.6 Å². The fourth-order valence-corrected chi connectivity index (χ4v) is 8.68. The second-order valence-corrected chi connectivity index (χ2v) is 16.5. The zero-order valence-corrected chi connectivity index (χ0v) is 35.7. The van der Waals surface area contributed by atoms with Gasteiger partial charge in [-0.1, -0.05) is 36.1 Å². The lowest BCUT2D eigenvalue weighted by Crippen LogP contribution is -2.40. The van der Waals surface area contributed by atoms with Gasteiger partial charge in [-0.3, -0.25) is 4.79 Å². The van der Waals surface area contributed by atoms with Crippen LogP contribution in [0.4, 0.5) is 13.2 Å². The third-order valence-corrected chi connectivity index (χ3v) is 11.8. The normalized spacial score (nSPS) is 16.8. The van der Waals surface area contributed by atoms with Gasteiger partial charge in [0.25, 0.3) is 0 Å². The highest BCUT2D eigenvalue weighted by Gasteiger charge is 2.33. The lowest BCUT2D eigenvalue weighted by Gasteiger charge is -2.31. The quantitative estimate of drug-likeness (QED) is 0.0793. The van der Waals surface area contributed by atoms with Gasteiger partial charge in [0, 0.05) is 60.2 Å². The Morgan fingerprint density at radius 2 is 1.65 bits per heavy atom. The highest BCUT2D eigenvalue weighted by atomic mass is 32.2. The maximum absolute atomic E-state index is 13.3. The van der Waals surface area contributed by atoms with Crippen molar-refractivity contribution in [2.45, 2.75) is 116 Å². The molecule has 13 nitrogen and oxygen atoms in total. The number of rotatable bonds is 20. The van der Waals surface area contributed by atoms with Crippen LogP contribution in [0, 0.1) is 0 Å². The molecule has 5 aromatic rings. The van der Waals surface area contributed by atoms with Gasteiger partial charge in [0.15, 0.2) is 23.0 Å². The summed E-state index contributed by atoms with van der Waals surface area (Å²) in [6.07, 6.45) is 6.15. The maximum atomic E-state index is 13.3. The Kier molecular flexibility index (Phi) is 16.5. The molecule has 0 spiro atoms. The Labute approximate surface area is 355 Å². The number of alkyl halides is 3. The molecule has 1 N–H and O–H groups in total. The van der Waals surface area contributed by atoms with E-state index in [-0.39, 0.29) is 23.4 Å². The van der Waals surface area contributed by atoms with Gasteiger partial charge < -0.3 is 38.2 Å². The van der Waals surface area contributed by atoms with Crippen molar-refractivity contribution in [1.29, 1.82) is 0 Å². The van der Waals surface area contributed by atoms with E-state index in [0.29, 0.717) is 84.3 Å². The number of carbonyl (C=O) groups excluding carboxylic acids is 1. The summed E-state index contributed by atoms with van der Waals surface area (Å²) in [4.78, 5) is 23.7. The summed E-state index contributed by atoms with van der Waals surface area (Å²) in [5.74, 6) is 4.00. The number of halogens is 3. The predicted octanol–water partition coefficient (Wildman–Crippen LogP) is 9.52. The van der Waals surface area contributed by atoms with Crippen LogP contribution in [0.2, 0.25) is 0 Å². The van der Waals surface area contributed by atoms with E-state index in [1.165, 1.54) is 39.4 Å². The van der Waals surface area contributed by atoms with E-state index in [0.717, 1.165) is 36.1 Å². The van der Waals surface area contributed by atoms with Crippen LogP contribution in [0.5, 0.6) is 23.0 Å². The van der Waals surface area contributed by atoms with Gasteiger partial charge in [0.1, 0.15) is 0 Å². The van der Waals surface area contributed by atoms with E-state index in [9.17, 15) is 18.0 Å². The minimum atomic E-state index is -2.92. The van der Waals surface area contributed by atoms with Gasteiger partial charge in [-0.15, -0.1) is 0 Å². The highest BCUT2D eigenvalue weighted by Crippen LogP contribution is 2.35. The number of thioether (sulfide) groups is 1. The Morgan fingerprint density at radius 1 is 0.917 bits per heavy atom. The molecule has 60 heavy (non-hydrogen) atoms. The van der Waals surface area contributed by atoms with Crippen molar-refractivity contribution in [3.8, 4) is 45.8 Å². The predicted molar refractivity (Wildman–Crippen MR) is 222 cm³/mol. The fraction of sp³-hybridized carbons (Fsp3) is 0.500. The lowest BCUT2D eigenvalue weighted by molar-refractivity contribution is -0.132. The standard InChI is InChI=1S/C23H26FN3O4S.C19H25F2N3O3S/c1-3-29-20-12-16(4-7-19(20)30-15(2)24)13-27(18-5-6-18)22(28)9-8-21-25-23(26-31-21)17-10-11-32-14-17;1-3-28-16-7-5-4-6-13(16)22-11-17-23-18(24-27-17)12-8-9-14(26-19(20)21)15(10-12)25-2/h4,7,10-12,14-15,18H,3,5-6,8-9,13H2,1-2H3;8-10,13,16,19,22H,3-7,11H2,1-2H3. The second kappa shape index (κ2) is 22.2. The van der Waals surface area contributed by atoms with Crippen molar-refractivity contribution >= 4 is 29.0 Å². The number of aromatic nitrogens is 4. The molecule has 2 aliphatic rings. The summed E-state index contributed by atoms with van der Waals surface area (Å²) in [5, 5.41) is 16.1. The topological polar surface area (TPSA) is 147 Å². The van der Waals surface area contributed by atoms with Gasteiger partial charge in [0.05, 0.1) is 20.3 Å². The minimum absolute atomic E-state index is 0.0385. The van der Waals surface area contributed by atoms with Gasteiger partial charge in [-0.05, 0) is 85.7 Å². The Morgan fingerprint density at radius 3 is 2.35 bits per heavy atom. The third kappa shape index (κ3) is 12.8. The molecule has 324 valence electrons. The summed E-state index contributed by atoms with van der Waals surface area (Å²) in [5.41, 5.74) is 2.42. The summed E-state index contributed by atoms with van der Waals surface area (Å²) in [7, 11) is 1.39. The highest BCUT2D eigenvalue weighted by molar-refractivity contribution is 7.99. The van der Waals surface area contributed by atoms with Crippen LogP contribution in [0.3, 0.4) is 0 Å². The van der Waals surface area contributed by atoms with Crippen LogP contribution in [-0.2, 0) is 24.3 Å². The smallest absolute Gasteiger partial charge is 0.387 e. The number of nitrogens with zero attached hydrogens (tertiary/aromatic N) is 5. The number of methoxy groups -OCH3 is 1. The molecule has 2 saturated carbocycles. The average molecular weight is 873 g/mol. The Balaban J connectivity index is 0.000000203. The zero-order valence-electron chi connectivity index (χ0n) is 34.1. The molecule has 0 saturated heterocycles. The van der Waals surface area contributed by atoms with Crippen molar-refractivity contribution in [2.75, 3.05) is 19.5 Å². The third-order valence-electron chi connectivity index (χ3n) is 9.76. The van der Waals surface area contributed by atoms with Crippen LogP contribution in [0.25, 0.3) is 22.8 Å². The molecule has 3 heterocycles. The van der Waals surface area contributed by atoms with E-state index in [4.69, 9.17) is 23.3 Å². The zero-order chi connectivity index (χ0) is 42.4. The molecule has 3 atom stereocenters. The number of benzene rings is 2. The van der Waals surface area contributed by atoms with Crippen LogP contribution in [0.1, 0.15) is 83.1 Å². The first-order valence-electron chi connectivity index (χ1n) is 20.2. The number of aryl methyl sites for hydroxylation is 1. The van der Waals surface area contributed by atoms with Crippen molar-refractivity contribution in [2.24, 2.45) is 0 Å². The maximum Gasteiger partial charge on any atom is 0.387 e. The molecule has 2 aliphatic carbocycles. The van der Waals surface area contributed by atoms with E-state index >= 15 is 0 Å². The molecule has 2 aromatic carbocycles. The van der Waals surface area contributed by atoms with E-state index in [1.807, 2.05) is 52.5 Å². The molecular formula is C42H51F3N6O7S2. The first kappa shape index (κ1) is 44.7. The summed E-state index contributed by atoms with van der Waals surface area (Å²) < 4.78 is 69.2. The second-order valence-electron chi connectivity index (χ2n) is 14.2. The Hall–Kier alpha value is -4.81. The summed E-state index contributed by atoms with van der Waals surface area (Å²) >= 11 is 3.57. The number of thiophene rings is 1. The summed E-state index contributed by atoms with van der Waals surface area (Å²) in [6.45, 7) is 3.84. The Bertz CT molecular complexity index is 2080. The van der Waals surface area contributed by atoms with Crippen LogP contribution < -0.4 is 24.3 Å². The average Bonchev–Trinajstić information content (AvgIpc) is 3.57. The molecule has 7 rings (SSSR count). The number of carbonyl (C=O) groups is 1. The van der Waals surface area contributed by atoms with Crippen LogP contribution in [-0.4, -0.2) is 80.9 Å². The SMILES string of the molecule is CCOc1cc(CN(C(=O)CCc2nc(-c3ccsc3)no2)C2CC2)ccc1OC(C)F.CCSC1CCCCC1NCc1nc(-c2ccc(OC(F)F)c(OC)c2)no1. The molecule has 2 fully saturated rings. The molecule has 18 heteroatoms. The molecule has 3 unspecified atom stereocenters. The van der Waals surface area contributed by atoms with Crippen LogP contribution >= 0.6 is 23.1 Å². The summed E-state index contributed by atoms with van der Waals surface area (Å²) in [6, 6.07) is 12.5. The molecule has 0 bridgehead atoms. The van der Waals surface area contributed by atoms with Crippen LogP contribution in [0.15, 0.2) is 62.3 Å². The number of hydrogen-bond donors (Lipinski definition) is 1. The first-order valence-corrected chi connectivity index (χ1v) is 22.1. The van der Waals surface area contributed by atoms with Gasteiger partial charge in [-0.25, -0.2) is 4.39 Å². The minimum Gasteiger partial charge on any atom is -0.493 e. The van der Waals surface area contributed by atoms with Crippen molar-refractivity contribution in [3.63, 3.8) is 0 Å². The monoisotopic (exact) mass is 872 g/mol. The molecule has 3 aromatic heterocycles. The number of amides is 1. The van der Waals surface area contributed by atoms with Crippen molar-refractivity contribution in [1.82, 2.24) is 30.5 Å². The van der Waals surface area contributed by atoms with Gasteiger partial charge in [-0.2, -0.15) is 41.8 Å². The molecular weight excluding hydrogens is 822 g/mol. The van der Waals surface area contributed by atoms with E-state index < -0.39 is 13.0 Å².